The third-order valence-electron chi connectivity index (χ3n) is 6.43. The van der Waals surface area contributed by atoms with Gasteiger partial charge in [0.25, 0.3) is 0 Å². The summed E-state index contributed by atoms with van der Waals surface area (Å²) in [5.74, 6) is 1.23. The number of rotatable bonds is 9. The van der Waals surface area contributed by atoms with E-state index in [1.165, 1.54) is 11.1 Å². The number of carbonyl (C=O) groups is 1. The zero-order chi connectivity index (χ0) is 24.0. The van der Waals surface area contributed by atoms with Gasteiger partial charge in [-0.2, -0.15) is 0 Å². The van der Waals surface area contributed by atoms with Crippen LogP contribution in [0.1, 0.15) is 45.2 Å². The van der Waals surface area contributed by atoms with Crippen LogP contribution in [0.3, 0.4) is 0 Å². The minimum Gasteiger partial charge on any atom is -0.493 e. The van der Waals surface area contributed by atoms with E-state index in [0.717, 1.165) is 30.8 Å². The summed E-state index contributed by atoms with van der Waals surface area (Å²) in [6.07, 6.45) is 1.71. The van der Waals surface area contributed by atoms with Crippen LogP contribution in [-0.2, 0) is 11.2 Å². The van der Waals surface area contributed by atoms with Crippen LogP contribution in [0.2, 0.25) is 0 Å². The smallest absolute Gasteiger partial charge is 0.229 e. The molecule has 1 aliphatic rings. The third-order valence-corrected chi connectivity index (χ3v) is 6.43. The zero-order valence-corrected chi connectivity index (χ0v) is 20.9. The van der Waals surface area contributed by atoms with E-state index in [-0.39, 0.29) is 11.8 Å². The molecule has 2 aromatic carbocycles. The van der Waals surface area contributed by atoms with Crippen molar-refractivity contribution in [2.75, 3.05) is 37.4 Å². The number of amides is 1. The van der Waals surface area contributed by atoms with Gasteiger partial charge < -0.3 is 20.1 Å². The van der Waals surface area contributed by atoms with E-state index in [2.05, 4.69) is 68.4 Å². The minimum atomic E-state index is -0.103. The molecule has 0 bridgehead atoms. The molecule has 180 valence electrons. The highest BCUT2D eigenvalue weighted by atomic mass is 16.5. The molecule has 0 saturated carbocycles. The number of aryl methyl sites for hydroxylation is 1. The number of hydrogen-bond donors (Lipinski definition) is 2. The van der Waals surface area contributed by atoms with Gasteiger partial charge in [0.05, 0.1) is 13.0 Å². The van der Waals surface area contributed by atoms with Gasteiger partial charge in [0.2, 0.25) is 5.91 Å². The van der Waals surface area contributed by atoms with Gasteiger partial charge in [-0.15, -0.1) is 0 Å². The second kappa shape index (κ2) is 11.4. The quantitative estimate of drug-likeness (QED) is 0.552. The van der Waals surface area contributed by atoms with E-state index in [1.807, 2.05) is 18.2 Å². The largest absolute Gasteiger partial charge is 0.493 e. The molecule has 1 atom stereocenters. The molecular formula is C27H39N3O3. The zero-order valence-electron chi connectivity index (χ0n) is 20.9. The summed E-state index contributed by atoms with van der Waals surface area (Å²) in [6, 6.07) is 12.7. The average molecular weight is 454 g/mol. The molecule has 2 N–H and O–H groups in total. The van der Waals surface area contributed by atoms with E-state index in [1.54, 1.807) is 7.11 Å². The predicted molar refractivity (Wildman–Crippen MR) is 136 cm³/mol. The average Bonchev–Trinajstić information content (AvgIpc) is 3.00. The van der Waals surface area contributed by atoms with Crippen LogP contribution < -0.4 is 20.1 Å². The van der Waals surface area contributed by atoms with Crippen molar-refractivity contribution in [3.63, 3.8) is 0 Å². The van der Waals surface area contributed by atoms with Gasteiger partial charge in [-0.1, -0.05) is 12.1 Å². The lowest BCUT2D eigenvalue weighted by Gasteiger charge is -2.30. The number of fused-ring (bicyclic) bond motifs is 1. The van der Waals surface area contributed by atoms with E-state index in [0.29, 0.717) is 36.7 Å². The number of anilines is 2. The highest BCUT2D eigenvalue weighted by Gasteiger charge is 2.23. The summed E-state index contributed by atoms with van der Waals surface area (Å²) in [5, 5.41) is 6.54. The van der Waals surface area contributed by atoms with E-state index in [4.69, 9.17) is 9.47 Å². The minimum absolute atomic E-state index is 0.0230. The Morgan fingerprint density at radius 2 is 1.91 bits per heavy atom. The highest BCUT2D eigenvalue weighted by molar-refractivity contribution is 5.93. The molecule has 6 nitrogen and oxygen atoms in total. The standard InChI is InChI=1S/C27H39N3O3/c1-18(2)30(19(3)4)14-15-33-26-16-22(11-13-25(26)32-6)29-27(31)21-10-12-23-20(5)8-7-9-24(23)28-17-21/h7-9,11,13,16,18-19,21,28H,10,12,14-15,17H2,1-6H3,(H,29,31). The van der Waals surface area contributed by atoms with Crippen LogP contribution >= 0.6 is 0 Å². The molecule has 1 amide bonds. The van der Waals surface area contributed by atoms with Gasteiger partial charge in [-0.3, -0.25) is 9.69 Å². The van der Waals surface area contributed by atoms with Crippen LogP contribution in [0.5, 0.6) is 11.5 Å². The van der Waals surface area contributed by atoms with Gasteiger partial charge in [0, 0.05) is 42.6 Å². The summed E-state index contributed by atoms with van der Waals surface area (Å²) >= 11 is 0. The molecule has 33 heavy (non-hydrogen) atoms. The van der Waals surface area contributed by atoms with Crippen molar-refractivity contribution in [1.29, 1.82) is 0 Å². The first-order chi connectivity index (χ1) is 15.8. The molecule has 0 fully saturated rings. The highest BCUT2D eigenvalue weighted by Crippen LogP contribution is 2.31. The maximum Gasteiger partial charge on any atom is 0.229 e. The first-order valence-corrected chi connectivity index (χ1v) is 12.0. The molecule has 0 radical (unpaired) electrons. The lowest BCUT2D eigenvalue weighted by atomic mass is 9.97. The van der Waals surface area contributed by atoms with Crippen molar-refractivity contribution < 1.29 is 14.3 Å². The molecule has 0 saturated heterocycles. The van der Waals surface area contributed by atoms with Crippen LogP contribution in [0.15, 0.2) is 36.4 Å². The van der Waals surface area contributed by atoms with Crippen LogP contribution in [0, 0.1) is 12.8 Å². The number of benzene rings is 2. The lowest BCUT2D eigenvalue weighted by Crippen LogP contribution is -2.39. The Bertz CT molecular complexity index is 934. The van der Waals surface area contributed by atoms with Gasteiger partial charge in [-0.05, 0) is 76.8 Å². The van der Waals surface area contributed by atoms with E-state index < -0.39 is 0 Å². The number of hydrogen-bond acceptors (Lipinski definition) is 5. The summed E-state index contributed by atoms with van der Waals surface area (Å²) in [5.41, 5.74) is 4.44. The van der Waals surface area contributed by atoms with Crippen molar-refractivity contribution in [1.82, 2.24) is 4.90 Å². The molecular weight excluding hydrogens is 414 g/mol. The first-order valence-electron chi connectivity index (χ1n) is 12.0. The van der Waals surface area contributed by atoms with Gasteiger partial charge in [0.15, 0.2) is 11.5 Å². The fraction of sp³-hybridized carbons (Fsp3) is 0.519. The predicted octanol–water partition coefficient (Wildman–Crippen LogP) is 5.11. The Morgan fingerprint density at radius 3 is 2.61 bits per heavy atom. The Hall–Kier alpha value is -2.73. The Labute approximate surface area is 198 Å². The van der Waals surface area contributed by atoms with Crippen LogP contribution in [0.4, 0.5) is 11.4 Å². The fourth-order valence-electron chi connectivity index (χ4n) is 4.56. The lowest BCUT2D eigenvalue weighted by molar-refractivity contribution is -0.119. The summed E-state index contributed by atoms with van der Waals surface area (Å²) in [6.45, 7) is 12.9. The van der Waals surface area contributed by atoms with Crippen molar-refractivity contribution in [3.05, 3.63) is 47.5 Å². The topological polar surface area (TPSA) is 62.8 Å². The molecule has 0 spiro atoms. The Morgan fingerprint density at radius 1 is 1.15 bits per heavy atom. The summed E-state index contributed by atoms with van der Waals surface area (Å²) in [7, 11) is 1.63. The van der Waals surface area contributed by atoms with Crippen molar-refractivity contribution in [3.8, 4) is 11.5 Å². The monoisotopic (exact) mass is 453 g/mol. The third kappa shape index (κ3) is 6.41. The molecule has 0 aromatic heterocycles. The van der Waals surface area contributed by atoms with Crippen molar-refractivity contribution in [2.24, 2.45) is 5.92 Å². The number of nitrogens with one attached hydrogen (secondary N) is 2. The van der Waals surface area contributed by atoms with Crippen molar-refractivity contribution in [2.45, 2.75) is 59.5 Å². The molecule has 1 aliphatic heterocycles. The van der Waals surface area contributed by atoms with Gasteiger partial charge >= 0.3 is 0 Å². The number of carbonyl (C=O) groups excluding carboxylic acids is 1. The van der Waals surface area contributed by atoms with E-state index >= 15 is 0 Å². The SMILES string of the molecule is COc1ccc(NC(=O)C2CCc3c(C)cccc3NC2)cc1OCCN(C(C)C)C(C)C. The van der Waals surface area contributed by atoms with Gasteiger partial charge in [0.1, 0.15) is 6.61 Å². The second-order valence-corrected chi connectivity index (χ2v) is 9.35. The Kier molecular flexibility index (Phi) is 8.61. The first kappa shape index (κ1) is 24.9. The second-order valence-electron chi connectivity index (χ2n) is 9.35. The molecule has 0 aliphatic carbocycles. The number of nitrogens with zero attached hydrogens (tertiary/aromatic N) is 1. The summed E-state index contributed by atoms with van der Waals surface area (Å²) < 4.78 is 11.5. The molecule has 6 heteroatoms. The summed E-state index contributed by atoms with van der Waals surface area (Å²) in [4.78, 5) is 15.4. The maximum absolute atomic E-state index is 13.0. The Balaban J connectivity index is 1.63. The normalized spacial score (nSPS) is 15.7. The molecule has 3 rings (SSSR count). The number of methoxy groups -OCH3 is 1. The van der Waals surface area contributed by atoms with Crippen molar-refractivity contribution >= 4 is 17.3 Å². The maximum atomic E-state index is 13.0. The number of ether oxygens (including phenoxy) is 2. The van der Waals surface area contributed by atoms with Gasteiger partial charge in [-0.25, -0.2) is 0 Å². The van der Waals surface area contributed by atoms with E-state index in [9.17, 15) is 4.79 Å². The molecule has 1 unspecified atom stereocenters. The molecule has 1 heterocycles. The van der Waals surface area contributed by atoms with Crippen LogP contribution in [-0.4, -0.2) is 49.7 Å². The van der Waals surface area contributed by atoms with Crippen LogP contribution in [0.25, 0.3) is 0 Å². The molecule has 2 aromatic rings. The fourth-order valence-corrected chi connectivity index (χ4v) is 4.56.